The average molecular weight is 1350 g/mol. The van der Waals surface area contributed by atoms with Gasteiger partial charge in [0.05, 0.1) is 39.0 Å². The fourth-order valence-corrected chi connectivity index (χ4v) is 24.8. The molecule has 0 radical (unpaired) electrons. The summed E-state index contributed by atoms with van der Waals surface area (Å²) in [4.78, 5) is 33.0. The van der Waals surface area contributed by atoms with Gasteiger partial charge in [-0.25, -0.2) is 4.98 Å². The van der Waals surface area contributed by atoms with Crippen molar-refractivity contribution in [2.24, 2.45) is 0 Å². The van der Waals surface area contributed by atoms with E-state index in [1.54, 1.807) is 0 Å². The molecule has 0 N–H and O–H groups in total. The summed E-state index contributed by atoms with van der Waals surface area (Å²) >= 11 is 0. The Morgan fingerprint density at radius 2 is 0.619 bits per heavy atom. The molecule has 1 unspecified atom stereocenters. The minimum absolute atomic E-state index is 0.141. The van der Waals surface area contributed by atoms with Gasteiger partial charge in [0.2, 0.25) is 17.8 Å². The standard InChI is InChI=1S/C91H53B2N9O2Si/c1-3-31-63-55(23-1)56-24-2-4-32-64(56)83(63)88-94-86(95-89(98-88)100-69-35-13-5-25-57(69)58-26-6-14-36-70(58)100)53-47-49-65-77(51-53)103-75-41-21-45-81-84(75)92(65)67-33-11-19-43-79(67)105(81)80-44-20-12-34-68(80)93-66-50-48-54(52-78(66)104-76-42-22-46-82(105)85(76)93)87-96-90(101-71-37-15-7-27-59(71)60-28-8-16-38-72(60)101)99-91(97-87)102-73-39-17-9-29-61(73)62-30-10-18-40-74(62)102/h1-52,83H. The number of hydrogen-bond acceptors (Lipinski definition) is 8. The van der Waals surface area contributed by atoms with Crippen molar-refractivity contribution in [3.8, 4) is 74.7 Å². The maximum atomic E-state index is 7.46. The molecule has 484 valence electrons. The fraction of sp³-hybridized carbons (Fsp3) is 0.0110. The van der Waals surface area contributed by atoms with Gasteiger partial charge in [-0.2, -0.15) is 24.9 Å². The molecular weight excluding hydrogens is 1300 g/mol. The summed E-state index contributed by atoms with van der Waals surface area (Å²) < 4.78 is 21.5. The maximum Gasteiger partial charge on any atom is 0.250 e. The van der Waals surface area contributed by atoms with Crippen LogP contribution in [0, 0.1) is 0 Å². The smallest absolute Gasteiger partial charge is 0.250 e. The molecule has 11 nitrogen and oxygen atoms in total. The van der Waals surface area contributed by atoms with E-state index in [4.69, 9.17) is 39.4 Å². The molecule has 105 heavy (non-hydrogen) atoms. The second-order valence-corrected chi connectivity index (χ2v) is 31.9. The fourth-order valence-electron chi connectivity index (χ4n) is 19.0. The van der Waals surface area contributed by atoms with Crippen LogP contribution in [-0.2, 0) is 0 Å². The molecule has 0 saturated carbocycles. The second kappa shape index (κ2) is 21.3. The molecule has 0 amide bonds. The van der Waals surface area contributed by atoms with Crippen LogP contribution >= 0.6 is 0 Å². The topological polar surface area (TPSA) is 111 Å². The van der Waals surface area contributed by atoms with Gasteiger partial charge in [-0.3, -0.25) is 13.7 Å². The molecule has 0 fully saturated rings. The van der Waals surface area contributed by atoms with E-state index in [1.807, 2.05) is 0 Å². The predicted molar refractivity (Wildman–Crippen MR) is 426 cm³/mol. The van der Waals surface area contributed by atoms with Gasteiger partial charge in [0.1, 0.15) is 28.8 Å². The van der Waals surface area contributed by atoms with Crippen LogP contribution in [0.25, 0.3) is 117 Å². The normalized spacial score (nSPS) is 14.8. The predicted octanol–water partition coefficient (Wildman–Crippen LogP) is 13.1. The van der Waals surface area contributed by atoms with Crippen LogP contribution in [-0.4, -0.2) is 65.1 Å². The molecule has 4 aliphatic heterocycles. The average Bonchev–Trinajstić information content (AvgIpc) is 1.54. The Labute approximate surface area is 602 Å². The number of benzene rings is 14. The summed E-state index contributed by atoms with van der Waals surface area (Å²) in [6, 6.07) is 114. The monoisotopic (exact) mass is 1350 g/mol. The van der Waals surface area contributed by atoms with E-state index in [0.29, 0.717) is 35.3 Å². The Morgan fingerprint density at radius 3 is 1.04 bits per heavy atom. The quantitative estimate of drug-likeness (QED) is 0.151. The lowest BCUT2D eigenvalue weighted by Gasteiger charge is -2.49. The molecule has 1 spiro atoms. The number of rotatable bonds is 6. The van der Waals surface area contributed by atoms with Gasteiger partial charge in [0.15, 0.2) is 19.7 Å². The van der Waals surface area contributed by atoms with Crippen LogP contribution in [0.1, 0.15) is 22.9 Å². The van der Waals surface area contributed by atoms with Gasteiger partial charge in [0, 0.05) is 43.4 Å². The van der Waals surface area contributed by atoms with Crippen molar-refractivity contribution in [3.63, 3.8) is 0 Å². The molecule has 19 aromatic rings. The minimum atomic E-state index is -3.24. The van der Waals surface area contributed by atoms with Gasteiger partial charge < -0.3 is 9.47 Å². The van der Waals surface area contributed by atoms with E-state index in [9.17, 15) is 0 Å². The van der Waals surface area contributed by atoms with Crippen LogP contribution in [0.3, 0.4) is 0 Å². The third-order valence-electron chi connectivity index (χ3n) is 23.2. The first-order chi connectivity index (χ1) is 52.1. The molecular formula is C91H53B2N9O2Si. The van der Waals surface area contributed by atoms with E-state index >= 15 is 0 Å². The molecule has 1 aliphatic carbocycles. The number of nitrogens with zero attached hydrogens (tertiary/aromatic N) is 9. The molecule has 9 heterocycles. The summed E-state index contributed by atoms with van der Waals surface area (Å²) in [6.07, 6.45) is 0. The molecule has 14 aromatic carbocycles. The van der Waals surface area contributed by atoms with Crippen molar-refractivity contribution < 1.29 is 9.47 Å². The van der Waals surface area contributed by atoms with Crippen molar-refractivity contribution in [2.75, 3.05) is 0 Å². The van der Waals surface area contributed by atoms with Crippen molar-refractivity contribution in [3.05, 3.63) is 332 Å². The summed E-state index contributed by atoms with van der Waals surface area (Å²) in [5.41, 5.74) is 19.7. The highest BCUT2D eigenvalue weighted by molar-refractivity contribution is 7.31. The molecule has 14 heteroatoms. The summed E-state index contributed by atoms with van der Waals surface area (Å²) in [6.45, 7) is -0.287. The number of para-hydroxylation sites is 6. The molecule has 5 aromatic heterocycles. The molecule has 24 rings (SSSR count). The van der Waals surface area contributed by atoms with Crippen LogP contribution in [0.5, 0.6) is 23.0 Å². The first-order valence-corrected chi connectivity index (χ1v) is 37.8. The van der Waals surface area contributed by atoms with E-state index < -0.39 is 8.07 Å². The third kappa shape index (κ3) is 7.73. The maximum absolute atomic E-state index is 7.46. The van der Waals surface area contributed by atoms with Gasteiger partial charge >= 0.3 is 0 Å². The molecule has 0 saturated heterocycles. The van der Waals surface area contributed by atoms with Crippen LogP contribution < -0.4 is 63.0 Å². The Kier molecular flexibility index (Phi) is 11.6. The van der Waals surface area contributed by atoms with Crippen LogP contribution in [0.15, 0.2) is 315 Å². The summed E-state index contributed by atoms with van der Waals surface area (Å²) in [5, 5.41) is 12.1. The number of hydrogen-bond donors (Lipinski definition) is 0. The first-order valence-electron chi connectivity index (χ1n) is 35.8. The lowest BCUT2D eigenvalue weighted by Crippen LogP contribution is -2.93. The van der Waals surface area contributed by atoms with Gasteiger partial charge in [0.25, 0.3) is 13.4 Å². The zero-order valence-electron chi connectivity index (χ0n) is 56.1. The largest absolute Gasteiger partial charge is 0.458 e. The summed E-state index contributed by atoms with van der Waals surface area (Å²) in [7, 11) is -3.24. The van der Waals surface area contributed by atoms with Gasteiger partial charge in [-0.15, -0.1) is 0 Å². The highest BCUT2D eigenvalue weighted by Gasteiger charge is 2.58. The third-order valence-corrected chi connectivity index (χ3v) is 28.2. The highest BCUT2D eigenvalue weighted by Crippen LogP contribution is 2.48. The molecule has 0 bridgehead atoms. The second-order valence-electron chi connectivity index (χ2n) is 28.2. The first kappa shape index (κ1) is 57.1. The Bertz CT molecular complexity index is 6750. The Morgan fingerprint density at radius 1 is 0.276 bits per heavy atom. The summed E-state index contributed by atoms with van der Waals surface area (Å²) in [5.74, 6) is 6.41. The highest BCUT2D eigenvalue weighted by atomic mass is 28.3. The van der Waals surface area contributed by atoms with E-state index in [-0.39, 0.29) is 19.3 Å². The van der Waals surface area contributed by atoms with E-state index in [1.165, 1.54) is 64.9 Å². The molecule has 5 aliphatic rings. The SMILES string of the molecule is c1ccc2c(c1)B1c3ccc(-c4nc(C5c6ccccc6-c6ccccc65)nc(-n5c6ccccc6c6ccccc65)n4)cc3Oc3cccc(c31)[Si]21c2ccccc2B2c3ccc(-c4nc(-n5c6ccccc6c6ccccc65)nc(-n5c6ccccc6c6ccccc65)n4)cc3Oc3cccc1c32. The zero-order valence-corrected chi connectivity index (χ0v) is 57.1. The van der Waals surface area contributed by atoms with Crippen molar-refractivity contribution >= 4 is 140 Å². The number of aromatic nitrogens is 9. The Hall–Kier alpha value is -13.6. The number of ether oxygens (including phenoxy) is 2. The van der Waals surface area contributed by atoms with Crippen molar-refractivity contribution in [1.29, 1.82) is 0 Å². The van der Waals surface area contributed by atoms with E-state index in [2.05, 4.69) is 329 Å². The lowest BCUT2D eigenvalue weighted by molar-refractivity contribution is 0.488. The lowest BCUT2D eigenvalue weighted by atomic mass is 9.35. The van der Waals surface area contributed by atoms with Gasteiger partial charge in [-0.1, -0.05) is 266 Å². The van der Waals surface area contributed by atoms with Crippen molar-refractivity contribution in [1.82, 2.24) is 43.6 Å². The van der Waals surface area contributed by atoms with Crippen LogP contribution in [0.2, 0.25) is 0 Å². The number of fused-ring (bicyclic) bond motifs is 24. The zero-order chi connectivity index (χ0) is 68.3. The van der Waals surface area contributed by atoms with Crippen molar-refractivity contribution in [2.45, 2.75) is 5.92 Å². The minimum Gasteiger partial charge on any atom is -0.458 e. The molecule has 1 atom stereocenters. The van der Waals surface area contributed by atoms with Gasteiger partial charge in [-0.05, 0) is 126 Å². The van der Waals surface area contributed by atoms with E-state index in [0.717, 1.165) is 110 Å². The Balaban J connectivity index is 0.653. The van der Waals surface area contributed by atoms with Crippen LogP contribution in [0.4, 0.5) is 0 Å².